The Hall–Kier alpha value is -7.37. The van der Waals surface area contributed by atoms with Crippen molar-refractivity contribution in [2.45, 2.75) is 0 Å². The predicted octanol–water partition coefficient (Wildman–Crippen LogP) is 12.2. The highest BCUT2D eigenvalue weighted by Gasteiger charge is 2.16. The van der Waals surface area contributed by atoms with Crippen LogP contribution in [0.3, 0.4) is 0 Å². The van der Waals surface area contributed by atoms with Gasteiger partial charge in [-0.3, -0.25) is 4.98 Å². The number of hydrogen-bond acceptors (Lipinski definition) is 5. The van der Waals surface area contributed by atoms with Crippen molar-refractivity contribution in [3.8, 4) is 45.0 Å². The van der Waals surface area contributed by atoms with Crippen LogP contribution in [0.2, 0.25) is 0 Å². The Morgan fingerprint density at radius 1 is 0.259 bits per heavy atom. The van der Waals surface area contributed by atoms with Crippen LogP contribution < -0.4 is 0 Å². The lowest BCUT2D eigenvalue weighted by Crippen LogP contribution is -1.94. The second-order valence-electron chi connectivity index (χ2n) is 13.7. The van der Waals surface area contributed by atoms with Gasteiger partial charge in [-0.25, -0.2) is 19.9 Å². The van der Waals surface area contributed by atoms with E-state index in [1.165, 1.54) is 0 Å². The fraction of sp³-hybridized carbons (Fsp3) is 0. The minimum atomic E-state index is 0.849. The Morgan fingerprint density at radius 2 is 0.704 bits per heavy atom. The van der Waals surface area contributed by atoms with Crippen molar-refractivity contribution < 1.29 is 0 Å². The fourth-order valence-corrected chi connectivity index (χ4v) is 7.73. The third-order valence-corrected chi connectivity index (χ3v) is 10.5. The second kappa shape index (κ2) is 12.1. The van der Waals surface area contributed by atoms with Gasteiger partial charge in [-0.2, -0.15) is 0 Å². The molecule has 54 heavy (non-hydrogen) atoms. The smallest absolute Gasteiger partial charge is 0.0986 e. The SMILES string of the molecule is c1ccc(-c2ccc3ccc4ccc(-c5ccc(-c6nc7c(cnc8c7ccc7ccc(-c9ccccc9)nc78)c7ccccc67)cc5)nc4c3n2)cc1. The average Bonchev–Trinajstić information content (AvgIpc) is 3.26. The van der Waals surface area contributed by atoms with Crippen molar-refractivity contribution in [1.29, 1.82) is 0 Å². The maximum absolute atomic E-state index is 5.41. The third kappa shape index (κ3) is 4.90. The van der Waals surface area contributed by atoms with Gasteiger partial charge in [-0.05, 0) is 29.7 Å². The number of pyridine rings is 5. The molecule has 5 heteroatoms. The van der Waals surface area contributed by atoms with Crippen LogP contribution in [-0.2, 0) is 0 Å². The highest BCUT2D eigenvalue weighted by molar-refractivity contribution is 6.20. The molecule has 5 aromatic heterocycles. The zero-order chi connectivity index (χ0) is 35.6. The third-order valence-electron chi connectivity index (χ3n) is 10.5. The molecule has 11 rings (SSSR count). The zero-order valence-corrected chi connectivity index (χ0v) is 29.0. The highest BCUT2D eigenvalue weighted by atomic mass is 14.8. The van der Waals surface area contributed by atoms with Gasteiger partial charge in [0.2, 0.25) is 0 Å². The molecule has 0 saturated carbocycles. The van der Waals surface area contributed by atoms with Crippen LogP contribution in [0, 0.1) is 0 Å². The summed E-state index contributed by atoms with van der Waals surface area (Å²) in [6, 6.07) is 58.8. The first-order chi connectivity index (χ1) is 26.7. The molecule has 0 N–H and O–H groups in total. The molecule has 250 valence electrons. The minimum Gasteiger partial charge on any atom is -0.253 e. The summed E-state index contributed by atoms with van der Waals surface area (Å²) in [4.78, 5) is 25.8. The summed E-state index contributed by atoms with van der Waals surface area (Å²) in [6.07, 6.45) is 1.96. The molecule has 6 aromatic carbocycles. The molecular weight excluding hydrogens is 659 g/mol. The molecule has 0 fully saturated rings. The fourth-order valence-electron chi connectivity index (χ4n) is 7.73. The number of rotatable bonds is 4. The van der Waals surface area contributed by atoms with Gasteiger partial charge in [-0.15, -0.1) is 0 Å². The van der Waals surface area contributed by atoms with Crippen LogP contribution >= 0.6 is 0 Å². The van der Waals surface area contributed by atoms with Gasteiger partial charge in [0.1, 0.15) is 0 Å². The monoisotopic (exact) mass is 687 g/mol. The van der Waals surface area contributed by atoms with E-state index >= 15 is 0 Å². The molecule has 0 aliphatic heterocycles. The summed E-state index contributed by atoms with van der Waals surface area (Å²) in [5, 5.41) is 7.39. The summed E-state index contributed by atoms with van der Waals surface area (Å²) in [7, 11) is 0. The highest BCUT2D eigenvalue weighted by Crippen LogP contribution is 2.37. The standard InChI is InChI=1S/C49H29N5/c1-3-9-30(10-4-1)41-26-22-34-19-20-35-23-28-43(52-46(35)45(34)51-41)32-15-17-33(18-16-32)44-38-14-8-7-13-37(38)40-29-50-49-39(48(40)54-44)25-21-36-24-27-42(53-47(36)49)31-11-5-2-6-12-31/h1-29H. The van der Waals surface area contributed by atoms with Crippen molar-refractivity contribution in [1.82, 2.24) is 24.9 Å². The molecule has 5 nitrogen and oxygen atoms in total. The van der Waals surface area contributed by atoms with Gasteiger partial charge in [0.25, 0.3) is 0 Å². The zero-order valence-electron chi connectivity index (χ0n) is 29.0. The molecule has 0 spiro atoms. The summed E-state index contributed by atoms with van der Waals surface area (Å²) < 4.78 is 0. The Morgan fingerprint density at radius 3 is 1.28 bits per heavy atom. The maximum atomic E-state index is 5.41. The first-order valence-electron chi connectivity index (χ1n) is 18.1. The topological polar surface area (TPSA) is 64.5 Å². The molecule has 5 heterocycles. The van der Waals surface area contributed by atoms with Gasteiger partial charge in [0.05, 0.1) is 50.4 Å². The molecule has 0 radical (unpaired) electrons. The number of hydrogen-bond donors (Lipinski definition) is 0. The van der Waals surface area contributed by atoms with Crippen LogP contribution in [0.15, 0.2) is 176 Å². The lowest BCUT2D eigenvalue weighted by Gasteiger charge is -2.13. The van der Waals surface area contributed by atoms with E-state index in [0.717, 1.165) is 110 Å². The van der Waals surface area contributed by atoms with E-state index in [1.54, 1.807) is 0 Å². The summed E-state index contributed by atoms with van der Waals surface area (Å²) >= 11 is 0. The average molecular weight is 688 g/mol. The van der Waals surface area contributed by atoms with Crippen LogP contribution in [0.1, 0.15) is 0 Å². The maximum Gasteiger partial charge on any atom is 0.0986 e. The van der Waals surface area contributed by atoms with Crippen molar-refractivity contribution in [2.24, 2.45) is 0 Å². The molecule has 0 saturated heterocycles. The number of benzene rings is 6. The quantitative estimate of drug-likeness (QED) is 0.172. The Labute approximate surface area is 310 Å². The van der Waals surface area contributed by atoms with E-state index in [9.17, 15) is 0 Å². The van der Waals surface area contributed by atoms with Gasteiger partial charge < -0.3 is 0 Å². The van der Waals surface area contributed by atoms with E-state index in [1.807, 2.05) is 42.6 Å². The van der Waals surface area contributed by atoms with Crippen molar-refractivity contribution >= 4 is 65.3 Å². The van der Waals surface area contributed by atoms with Gasteiger partial charge >= 0.3 is 0 Å². The van der Waals surface area contributed by atoms with E-state index in [-0.39, 0.29) is 0 Å². The largest absolute Gasteiger partial charge is 0.253 e. The first-order valence-corrected chi connectivity index (χ1v) is 18.1. The van der Waals surface area contributed by atoms with Crippen LogP contribution in [0.5, 0.6) is 0 Å². The van der Waals surface area contributed by atoms with Crippen LogP contribution in [0.25, 0.3) is 110 Å². The Bertz CT molecular complexity index is 3250. The molecule has 0 bridgehead atoms. The molecule has 0 amide bonds. The van der Waals surface area contributed by atoms with Gasteiger partial charge in [0, 0.05) is 60.8 Å². The summed E-state index contributed by atoms with van der Waals surface area (Å²) in [5.74, 6) is 0. The van der Waals surface area contributed by atoms with Crippen LogP contribution in [-0.4, -0.2) is 24.9 Å². The molecular formula is C49H29N5. The molecule has 0 aliphatic rings. The normalized spacial score (nSPS) is 11.7. The van der Waals surface area contributed by atoms with Crippen molar-refractivity contribution in [2.75, 3.05) is 0 Å². The van der Waals surface area contributed by atoms with Crippen LogP contribution in [0.4, 0.5) is 0 Å². The minimum absolute atomic E-state index is 0.849. The van der Waals surface area contributed by atoms with Crippen molar-refractivity contribution in [3.63, 3.8) is 0 Å². The predicted molar refractivity (Wildman–Crippen MR) is 222 cm³/mol. The Kier molecular flexibility index (Phi) is 6.79. The molecule has 11 aromatic rings. The van der Waals surface area contributed by atoms with E-state index < -0.39 is 0 Å². The summed E-state index contributed by atoms with van der Waals surface area (Å²) in [5.41, 5.74) is 12.4. The Balaban J connectivity index is 1.04. The molecule has 0 unspecified atom stereocenters. The van der Waals surface area contributed by atoms with Gasteiger partial charge in [-0.1, -0.05) is 146 Å². The first kappa shape index (κ1) is 30.3. The van der Waals surface area contributed by atoms with Gasteiger partial charge in [0.15, 0.2) is 0 Å². The molecule has 0 atom stereocenters. The van der Waals surface area contributed by atoms with Crippen molar-refractivity contribution in [3.05, 3.63) is 176 Å². The lowest BCUT2D eigenvalue weighted by atomic mass is 9.98. The number of nitrogens with zero attached hydrogens (tertiary/aromatic N) is 5. The number of aromatic nitrogens is 5. The molecule has 0 aliphatic carbocycles. The van der Waals surface area contributed by atoms with E-state index in [0.29, 0.717) is 0 Å². The number of fused-ring (bicyclic) bond motifs is 10. The second-order valence-corrected chi connectivity index (χ2v) is 13.7. The van der Waals surface area contributed by atoms with E-state index in [2.05, 4.69) is 133 Å². The summed E-state index contributed by atoms with van der Waals surface area (Å²) in [6.45, 7) is 0. The van der Waals surface area contributed by atoms with E-state index in [4.69, 9.17) is 24.9 Å². The lowest BCUT2D eigenvalue weighted by molar-refractivity contribution is 1.36.